The third-order valence-corrected chi connectivity index (χ3v) is 1.46. The van der Waals surface area contributed by atoms with Gasteiger partial charge >= 0.3 is 0 Å². The molecule has 0 unspecified atom stereocenters. The molecule has 0 aliphatic carbocycles. The summed E-state index contributed by atoms with van der Waals surface area (Å²) in [6.07, 6.45) is -0.0880. The molecule has 0 radical (unpaired) electrons. The molecule has 0 bridgehead atoms. The summed E-state index contributed by atoms with van der Waals surface area (Å²) in [4.78, 5) is 2.02. The van der Waals surface area contributed by atoms with Crippen molar-refractivity contribution < 1.29 is 9.47 Å². The number of nitrogens with zero attached hydrogens (tertiary/aromatic N) is 1. The molecule has 1 fully saturated rings. The molecule has 3 heteroatoms. The Hall–Kier alpha value is -0.120. The van der Waals surface area contributed by atoms with Gasteiger partial charge in [-0.1, -0.05) is 6.92 Å². The molecule has 0 saturated carbocycles. The Morgan fingerprint density at radius 1 is 1.44 bits per heavy atom. The van der Waals surface area contributed by atoms with Crippen LogP contribution >= 0.6 is 0 Å². The van der Waals surface area contributed by atoms with Crippen molar-refractivity contribution in [2.24, 2.45) is 0 Å². The first-order valence-corrected chi connectivity index (χ1v) is 3.28. The molecule has 1 heterocycles. The SMILES string of the molecule is CCN(C)C1OCCO1. The highest BCUT2D eigenvalue weighted by Gasteiger charge is 2.18. The summed E-state index contributed by atoms with van der Waals surface area (Å²) in [6, 6.07) is 0. The van der Waals surface area contributed by atoms with Gasteiger partial charge < -0.3 is 9.47 Å². The van der Waals surface area contributed by atoms with Crippen LogP contribution < -0.4 is 0 Å². The molecule has 0 N–H and O–H groups in total. The van der Waals surface area contributed by atoms with Crippen molar-refractivity contribution in [1.82, 2.24) is 4.90 Å². The minimum Gasteiger partial charge on any atom is -0.337 e. The largest absolute Gasteiger partial charge is 0.337 e. The molecule has 0 spiro atoms. The Morgan fingerprint density at radius 2 is 2.00 bits per heavy atom. The van der Waals surface area contributed by atoms with Crippen LogP contribution in [0.4, 0.5) is 0 Å². The van der Waals surface area contributed by atoms with E-state index in [0.717, 1.165) is 19.8 Å². The van der Waals surface area contributed by atoms with Gasteiger partial charge in [0.05, 0.1) is 13.2 Å². The molecule has 3 nitrogen and oxygen atoms in total. The predicted molar refractivity (Wildman–Crippen MR) is 34.0 cm³/mol. The monoisotopic (exact) mass is 131 g/mol. The fraction of sp³-hybridized carbons (Fsp3) is 1.00. The summed E-state index contributed by atoms with van der Waals surface area (Å²) in [6.45, 7) is 4.50. The van der Waals surface area contributed by atoms with Gasteiger partial charge in [0.2, 0.25) is 6.41 Å². The Labute approximate surface area is 55.5 Å². The lowest BCUT2D eigenvalue weighted by Crippen LogP contribution is -2.31. The van der Waals surface area contributed by atoms with Crippen molar-refractivity contribution >= 4 is 0 Å². The van der Waals surface area contributed by atoms with Crippen molar-refractivity contribution in [3.63, 3.8) is 0 Å². The van der Waals surface area contributed by atoms with Crippen LogP contribution in [0.3, 0.4) is 0 Å². The normalized spacial score (nSPS) is 21.7. The first kappa shape index (κ1) is 6.99. The van der Waals surface area contributed by atoms with Gasteiger partial charge in [-0.15, -0.1) is 0 Å². The molecule has 0 atom stereocenters. The van der Waals surface area contributed by atoms with Gasteiger partial charge in [0.25, 0.3) is 0 Å². The van der Waals surface area contributed by atoms with Gasteiger partial charge in [0, 0.05) is 0 Å². The first-order chi connectivity index (χ1) is 4.34. The molecule has 1 rings (SSSR count). The van der Waals surface area contributed by atoms with E-state index < -0.39 is 0 Å². The van der Waals surface area contributed by atoms with E-state index >= 15 is 0 Å². The topological polar surface area (TPSA) is 21.7 Å². The van der Waals surface area contributed by atoms with E-state index in [4.69, 9.17) is 9.47 Å². The summed E-state index contributed by atoms with van der Waals surface area (Å²) in [5.74, 6) is 0. The molecule has 0 amide bonds. The van der Waals surface area contributed by atoms with Crippen LogP contribution in [0, 0.1) is 0 Å². The van der Waals surface area contributed by atoms with Crippen LogP contribution in [0.15, 0.2) is 0 Å². The lowest BCUT2D eigenvalue weighted by molar-refractivity contribution is -0.140. The van der Waals surface area contributed by atoms with Crippen molar-refractivity contribution in [3.05, 3.63) is 0 Å². The molecular weight excluding hydrogens is 118 g/mol. The van der Waals surface area contributed by atoms with Crippen molar-refractivity contribution in [1.29, 1.82) is 0 Å². The summed E-state index contributed by atoms with van der Waals surface area (Å²) < 4.78 is 10.4. The highest BCUT2D eigenvalue weighted by molar-refractivity contribution is 4.50. The maximum Gasteiger partial charge on any atom is 0.218 e. The Bertz CT molecular complexity index is 81.1. The standard InChI is InChI=1S/C6H13NO2/c1-3-7(2)6-8-4-5-9-6/h6H,3-5H2,1-2H3. The highest BCUT2D eigenvalue weighted by atomic mass is 16.7. The first-order valence-electron chi connectivity index (χ1n) is 3.28. The quantitative estimate of drug-likeness (QED) is 0.537. The number of hydrogen-bond donors (Lipinski definition) is 0. The fourth-order valence-electron chi connectivity index (χ4n) is 0.750. The van der Waals surface area contributed by atoms with Gasteiger partial charge in [-0.3, -0.25) is 4.90 Å². The molecule has 0 aromatic heterocycles. The average molecular weight is 131 g/mol. The molecule has 0 aromatic rings. The molecule has 1 saturated heterocycles. The van der Waals surface area contributed by atoms with Crippen LogP contribution in [0.5, 0.6) is 0 Å². The van der Waals surface area contributed by atoms with Gasteiger partial charge in [0.1, 0.15) is 0 Å². The summed E-state index contributed by atoms with van der Waals surface area (Å²) in [5.41, 5.74) is 0. The zero-order valence-corrected chi connectivity index (χ0v) is 5.96. The van der Waals surface area contributed by atoms with Crippen LogP contribution in [-0.4, -0.2) is 38.1 Å². The van der Waals surface area contributed by atoms with E-state index in [-0.39, 0.29) is 6.41 Å². The number of rotatable bonds is 2. The summed E-state index contributed by atoms with van der Waals surface area (Å²) >= 11 is 0. The van der Waals surface area contributed by atoms with E-state index in [1.807, 2.05) is 11.9 Å². The van der Waals surface area contributed by atoms with E-state index in [1.165, 1.54) is 0 Å². The van der Waals surface area contributed by atoms with Crippen LogP contribution in [0.1, 0.15) is 6.92 Å². The van der Waals surface area contributed by atoms with Crippen molar-refractivity contribution in [3.8, 4) is 0 Å². The zero-order valence-electron chi connectivity index (χ0n) is 5.96. The second kappa shape index (κ2) is 3.15. The summed E-state index contributed by atoms with van der Waals surface area (Å²) in [5, 5.41) is 0. The molecule has 54 valence electrons. The van der Waals surface area contributed by atoms with E-state index in [1.54, 1.807) is 0 Å². The van der Waals surface area contributed by atoms with Gasteiger partial charge in [-0.2, -0.15) is 0 Å². The van der Waals surface area contributed by atoms with Gasteiger partial charge in [0.15, 0.2) is 0 Å². The third kappa shape index (κ3) is 1.64. The smallest absolute Gasteiger partial charge is 0.218 e. The van der Waals surface area contributed by atoms with Crippen molar-refractivity contribution in [2.75, 3.05) is 26.8 Å². The van der Waals surface area contributed by atoms with Gasteiger partial charge in [-0.05, 0) is 13.6 Å². The van der Waals surface area contributed by atoms with Gasteiger partial charge in [-0.25, -0.2) is 0 Å². The highest BCUT2D eigenvalue weighted by Crippen LogP contribution is 2.06. The van der Waals surface area contributed by atoms with Crippen LogP contribution in [-0.2, 0) is 9.47 Å². The van der Waals surface area contributed by atoms with Crippen LogP contribution in [0.25, 0.3) is 0 Å². The average Bonchev–Trinajstić information content (AvgIpc) is 2.37. The fourth-order valence-corrected chi connectivity index (χ4v) is 0.750. The summed E-state index contributed by atoms with van der Waals surface area (Å²) in [7, 11) is 1.98. The number of ether oxygens (including phenoxy) is 2. The van der Waals surface area contributed by atoms with Crippen molar-refractivity contribution in [2.45, 2.75) is 13.3 Å². The maximum atomic E-state index is 5.21. The Kier molecular flexibility index (Phi) is 2.45. The second-order valence-electron chi connectivity index (χ2n) is 2.12. The van der Waals surface area contributed by atoms with E-state index in [0.29, 0.717) is 0 Å². The third-order valence-electron chi connectivity index (χ3n) is 1.46. The molecule has 1 aliphatic heterocycles. The lowest BCUT2D eigenvalue weighted by Gasteiger charge is -2.19. The lowest BCUT2D eigenvalue weighted by atomic mass is 10.6. The van der Waals surface area contributed by atoms with E-state index in [2.05, 4.69) is 6.92 Å². The molecule has 9 heavy (non-hydrogen) atoms. The molecular formula is C6H13NO2. The minimum absolute atomic E-state index is 0.0880. The predicted octanol–water partition coefficient (Wildman–Crippen LogP) is 0.268. The Balaban J connectivity index is 2.24. The molecule has 1 aliphatic rings. The Morgan fingerprint density at radius 3 is 2.44 bits per heavy atom. The second-order valence-corrected chi connectivity index (χ2v) is 2.12. The number of hydrogen-bond acceptors (Lipinski definition) is 3. The maximum absolute atomic E-state index is 5.21. The minimum atomic E-state index is -0.0880. The van der Waals surface area contributed by atoms with E-state index in [9.17, 15) is 0 Å². The molecule has 0 aromatic carbocycles. The van der Waals surface area contributed by atoms with Crippen LogP contribution in [0.2, 0.25) is 0 Å². The zero-order chi connectivity index (χ0) is 6.69.